The quantitative estimate of drug-likeness (QED) is 0.915. The third kappa shape index (κ3) is 2.99. The number of nitrogens with one attached hydrogen (secondary N) is 1. The molecule has 1 aromatic heterocycles. The molecule has 0 atom stereocenters. The van der Waals surface area contributed by atoms with E-state index in [0.29, 0.717) is 0 Å². The van der Waals surface area contributed by atoms with Gasteiger partial charge in [-0.3, -0.25) is 0 Å². The highest BCUT2D eigenvalue weighted by atomic mass is 79.9. The van der Waals surface area contributed by atoms with Crippen LogP contribution in [0, 0.1) is 0 Å². The summed E-state index contributed by atoms with van der Waals surface area (Å²) in [5.74, 6) is 2.65. The minimum Gasteiger partial charge on any atom is -0.309 e. The first-order valence-corrected chi connectivity index (χ1v) is 7.72. The summed E-state index contributed by atoms with van der Waals surface area (Å²) in [6.45, 7) is 1.02. The van der Waals surface area contributed by atoms with Crippen LogP contribution < -0.4 is 5.32 Å². The SMILES string of the molecule is Brc1ccsc1CNC1CCSCC1. The van der Waals surface area contributed by atoms with Crippen LogP contribution in [0.25, 0.3) is 0 Å². The van der Waals surface area contributed by atoms with Gasteiger partial charge in [-0.05, 0) is 51.7 Å². The number of hydrogen-bond donors (Lipinski definition) is 1. The summed E-state index contributed by atoms with van der Waals surface area (Å²) in [5, 5.41) is 5.77. The summed E-state index contributed by atoms with van der Waals surface area (Å²) < 4.78 is 1.25. The molecule has 78 valence electrons. The number of hydrogen-bond acceptors (Lipinski definition) is 3. The van der Waals surface area contributed by atoms with Gasteiger partial charge < -0.3 is 5.32 Å². The van der Waals surface area contributed by atoms with Gasteiger partial charge in [0.05, 0.1) is 0 Å². The minimum absolute atomic E-state index is 0.741. The third-order valence-corrected chi connectivity index (χ3v) is 5.44. The summed E-state index contributed by atoms with van der Waals surface area (Å²) in [4.78, 5) is 1.42. The molecule has 1 aromatic rings. The van der Waals surface area contributed by atoms with E-state index < -0.39 is 0 Å². The summed E-state index contributed by atoms with van der Waals surface area (Å²) in [7, 11) is 0. The molecule has 0 radical (unpaired) electrons. The predicted octanol–water partition coefficient (Wildman–Crippen LogP) is 3.50. The lowest BCUT2D eigenvalue weighted by Gasteiger charge is -2.22. The molecule has 1 aliphatic heterocycles. The van der Waals surface area contributed by atoms with Gasteiger partial charge in [0.25, 0.3) is 0 Å². The lowest BCUT2D eigenvalue weighted by molar-refractivity contribution is 0.484. The van der Waals surface area contributed by atoms with Crippen molar-refractivity contribution < 1.29 is 0 Å². The Balaban J connectivity index is 1.79. The molecule has 2 rings (SSSR count). The van der Waals surface area contributed by atoms with Crippen LogP contribution in [0.4, 0.5) is 0 Å². The Labute approximate surface area is 102 Å². The molecule has 0 spiro atoms. The highest BCUT2D eigenvalue weighted by Crippen LogP contribution is 2.23. The number of thioether (sulfide) groups is 1. The second kappa shape index (κ2) is 5.54. The van der Waals surface area contributed by atoms with E-state index in [1.165, 1.54) is 33.7 Å². The van der Waals surface area contributed by atoms with Crippen molar-refractivity contribution in [3.05, 3.63) is 20.8 Å². The van der Waals surface area contributed by atoms with Crippen LogP contribution in [0.5, 0.6) is 0 Å². The fraction of sp³-hybridized carbons (Fsp3) is 0.600. The molecule has 0 saturated carbocycles. The highest BCUT2D eigenvalue weighted by Gasteiger charge is 2.13. The average molecular weight is 292 g/mol. The zero-order valence-electron chi connectivity index (χ0n) is 7.96. The molecule has 0 aliphatic carbocycles. The standard InChI is InChI=1S/C10H14BrNS2/c11-9-3-6-14-10(9)7-12-8-1-4-13-5-2-8/h3,6,8,12H,1-2,4-5,7H2. The number of thiophene rings is 1. The Kier molecular flexibility index (Phi) is 4.35. The van der Waals surface area contributed by atoms with Crippen LogP contribution in [0.15, 0.2) is 15.9 Å². The molecule has 1 aliphatic rings. The molecular formula is C10H14BrNS2. The van der Waals surface area contributed by atoms with Crippen molar-refractivity contribution in [1.82, 2.24) is 5.32 Å². The Bertz CT molecular complexity index is 281. The Hall–Kier alpha value is 0.490. The van der Waals surface area contributed by atoms with Gasteiger partial charge >= 0.3 is 0 Å². The zero-order valence-corrected chi connectivity index (χ0v) is 11.2. The van der Waals surface area contributed by atoms with E-state index in [0.717, 1.165) is 12.6 Å². The molecule has 2 heterocycles. The van der Waals surface area contributed by atoms with E-state index in [-0.39, 0.29) is 0 Å². The van der Waals surface area contributed by atoms with Gasteiger partial charge in [0.15, 0.2) is 0 Å². The van der Waals surface area contributed by atoms with Crippen molar-refractivity contribution >= 4 is 39.0 Å². The van der Waals surface area contributed by atoms with Crippen molar-refractivity contribution in [2.45, 2.75) is 25.4 Å². The maximum absolute atomic E-state index is 3.63. The van der Waals surface area contributed by atoms with E-state index in [9.17, 15) is 0 Å². The topological polar surface area (TPSA) is 12.0 Å². The van der Waals surface area contributed by atoms with Gasteiger partial charge in [0.2, 0.25) is 0 Å². The molecular weight excluding hydrogens is 278 g/mol. The van der Waals surface area contributed by atoms with Gasteiger partial charge in [-0.25, -0.2) is 0 Å². The smallest absolute Gasteiger partial charge is 0.0327 e. The largest absolute Gasteiger partial charge is 0.309 e. The van der Waals surface area contributed by atoms with E-state index >= 15 is 0 Å². The number of rotatable bonds is 3. The first-order chi connectivity index (χ1) is 6.86. The van der Waals surface area contributed by atoms with Crippen LogP contribution in [-0.2, 0) is 6.54 Å². The van der Waals surface area contributed by atoms with Gasteiger partial charge in [-0.2, -0.15) is 11.8 Å². The van der Waals surface area contributed by atoms with Crippen LogP contribution in [0.2, 0.25) is 0 Å². The summed E-state index contributed by atoms with van der Waals surface area (Å²) in [6.07, 6.45) is 2.65. The van der Waals surface area contributed by atoms with E-state index in [2.05, 4.69) is 44.5 Å². The first-order valence-electron chi connectivity index (χ1n) is 4.89. The molecule has 4 heteroatoms. The predicted molar refractivity (Wildman–Crippen MR) is 69.2 cm³/mol. The van der Waals surface area contributed by atoms with Crippen LogP contribution in [-0.4, -0.2) is 17.5 Å². The normalized spacial score (nSPS) is 18.6. The fourth-order valence-electron chi connectivity index (χ4n) is 1.59. The van der Waals surface area contributed by atoms with E-state index in [1.54, 1.807) is 0 Å². The van der Waals surface area contributed by atoms with Crippen molar-refractivity contribution in [2.24, 2.45) is 0 Å². The Morgan fingerprint density at radius 3 is 2.86 bits per heavy atom. The average Bonchev–Trinajstić information content (AvgIpc) is 2.63. The van der Waals surface area contributed by atoms with Crippen molar-refractivity contribution in [3.63, 3.8) is 0 Å². The maximum atomic E-state index is 3.63. The molecule has 1 N–H and O–H groups in total. The molecule has 14 heavy (non-hydrogen) atoms. The third-order valence-electron chi connectivity index (χ3n) is 2.46. The second-order valence-corrected chi connectivity index (χ2v) is 6.54. The summed E-state index contributed by atoms with van der Waals surface area (Å²) in [5.41, 5.74) is 0. The summed E-state index contributed by atoms with van der Waals surface area (Å²) in [6, 6.07) is 2.86. The van der Waals surface area contributed by atoms with Crippen LogP contribution in [0.1, 0.15) is 17.7 Å². The molecule has 1 saturated heterocycles. The van der Waals surface area contributed by atoms with Gasteiger partial charge in [0, 0.05) is 21.9 Å². The minimum atomic E-state index is 0.741. The maximum Gasteiger partial charge on any atom is 0.0327 e. The summed E-state index contributed by atoms with van der Waals surface area (Å²) >= 11 is 7.46. The molecule has 0 amide bonds. The molecule has 0 bridgehead atoms. The lowest BCUT2D eigenvalue weighted by Crippen LogP contribution is -2.31. The zero-order chi connectivity index (χ0) is 9.80. The van der Waals surface area contributed by atoms with Crippen molar-refractivity contribution in [3.8, 4) is 0 Å². The fourth-order valence-corrected chi connectivity index (χ4v) is 4.14. The van der Waals surface area contributed by atoms with Crippen LogP contribution >= 0.6 is 39.0 Å². The van der Waals surface area contributed by atoms with Gasteiger partial charge in [-0.15, -0.1) is 11.3 Å². The molecule has 1 fully saturated rings. The highest BCUT2D eigenvalue weighted by molar-refractivity contribution is 9.10. The first kappa shape index (κ1) is 11.0. The monoisotopic (exact) mass is 291 g/mol. The van der Waals surface area contributed by atoms with Gasteiger partial charge in [-0.1, -0.05) is 0 Å². The van der Waals surface area contributed by atoms with Crippen molar-refractivity contribution in [1.29, 1.82) is 0 Å². The second-order valence-electron chi connectivity index (χ2n) is 3.46. The molecule has 0 unspecified atom stereocenters. The Morgan fingerprint density at radius 1 is 1.43 bits per heavy atom. The van der Waals surface area contributed by atoms with Gasteiger partial charge in [0.1, 0.15) is 0 Å². The van der Waals surface area contributed by atoms with E-state index in [1.807, 2.05) is 11.3 Å². The van der Waals surface area contributed by atoms with E-state index in [4.69, 9.17) is 0 Å². The number of halogens is 1. The lowest BCUT2D eigenvalue weighted by atomic mass is 10.1. The Morgan fingerprint density at radius 2 is 2.21 bits per heavy atom. The molecule has 0 aromatic carbocycles. The van der Waals surface area contributed by atoms with Crippen molar-refractivity contribution in [2.75, 3.05) is 11.5 Å². The molecule has 1 nitrogen and oxygen atoms in total. The van der Waals surface area contributed by atoms with Crippen LogP contribution in [0.3, 0.4) is 0 Å².